The summed E-state index contributed by atoms with van der Waals surface area (Å²) in [7, 11) is 0. The minimum Gasteiger partial charge on any atom is -0.491 e. The monoisotopic (exact) mass is 303 g/mol. The molecule has 0 aliphatic carbocycles. The number of hydrogen-bond donors (Lipinski definition) is 3. The number of nitrogens with zero attached hydrogens (tertiary/aromatic N) is 1. The smallest absolute Gasteiger partial charge is 0.315 e. The first-order valence-electron chi connectivity index (χ1n) is 7.23. The van der Waals surface area contributed by atoms with Crippen molar-refractivity contribution >= 4 is 6.03 Å². The largest absolute Gasteiger partial charge is 0.491 e. The molecule has 118 valence electrons. The number of amides is 2. The number of carbonyl (C=O) groups is 1. The SMILES string of the molecule is O=C(NCCn1cccc1)NCc1ccccc1OCCO. The summed E-state index contributed by atoms with van der Waals surface area (Å²) in [6.45, 7) is 1.86. The molecule has 1 heterocycles. The second kappa shape index (κ2) is 8.74. The van der Waals surface area contributed by atoms with Gasteiger partial charge in [-0.05, 0) is 18.2 Å². The Kier molecular flexibility index (Phi) is 6.32. The maximum absolute atomic E-state index is 11.8. The van der Waals surface area contributed by atoms with Gasteiger partial charge in [0.15, 0.2) is 0 Å². The first-order chi connectivity index (χ1) is 10.8. The molecule has 6 heteroatoms. The van der Waals surface area contributed by atoms with Crippen LogP contribution < -0.4 is 15.4 Å². The Balaban J connectivity index is 1.73. The molecule has 0 aliphatic heterocycles. The van der Waals surface area contributed by atoms with E-state index in [1.54, 1.807) is 0 Å². The lowest BCUT2D eigenvalue weighted by Crippen LogP contribution is -2.36. The Morgan fingerprint density at radius 2 is 1.91 bits per heavy atom. The third kappa shape index (κ3) is 5.14. The number of aliphatic hydroxyl groups is 1. The molecule has 0 saturated carbocycles. The lowest BCUT2D eigenvalue weighted by atomic mass is 10.2. The zero-order valence-electron chi connectivity index (χ0n) is 12.4. The number of benzene rings is 1. The van der Waals surface area contributed by atoms with Crippen molar-refractivity contribution in [1.82, 2.24) is 15.2 Å². The van der Waals surface area contributed by atoms with E-state index < -0.39 is 0 Å². The molecule has 2 amide bonds. The number of ether oxygens (including phenoxy) is 1. The number of aromatic nitrogens is 1. The van der Waals surface area contributed by atoms with Gasteiger partial charge in [0.25, 0.3) is 0 Å². The van der Waals surface area contributed by atoms with Crippen LogP contribution >= 0.6 is 0 Å². The van der Waals surface area contributed by atoms with E-state index in [1.807, 2.05) is 53.4 Å². The van der Waals surface area contributed by atoms with E-state index in [2.05, 4.69) is 10.6 Å². The van der Waals surface area contributed by atoms with E-state index in [4.69, 9.17) is 9.84 Å². The van der Waals surface area contributed by atoms with Gasteiger partial charge in [0.1, 0.15) is 12.4 Å². The molecular weight excluding hydrogens is 282 g/mol. The number of hydrogen-bond acceptors (Lipinski definition) is 3. The van der Waals surface area contributed by atoms with Gasteiger partial charge in [-0.3, -0.25) is 0 Å². The van der Waals surface area contributed by atoms with E-state index in [9.17, 15) is 4.79 Å². The summed E-state index contributed by atoms with van der Waals surface area (Å²) in [4.78, 5) is 11.8. The summed E-state index contributed by atoms with van der Waals surface area (Å²) < 4.78 is 7.42. The molecule has 3 N–H and O–H groups in total. The summed E-state index contributed by atoms with van der Waals surface area (Å²) in [6.07, 6.45) is 3.91. The second-order valence-corrected chi connectivity index (χ2v) is 4.71. The van der Waals surface area contributed by atoms with Crippen LogP contribution in [0.3, 0.4) is 0 Å². The Bertz CT molecular complexity index is 570. The molecule has 6 nitrogen and oxygen atoms in total. The number of urea groups is 1. The van der Waals surface area contributed by atoms with Crippen LogP contribution in [0.25, 0.3) is 0 Å². The second-order valence-electron chi connectivity index (χ2n) is 4.71. The molecule has 1 aromatic carbocycles. The van der Waals surface area contributed by atoms with Crippen LogP contribution in [0.1, 0.15) is 5.56 Å². The van der Waals surface area contributed by atoms with Crippen molar-refractivity contribution in [2.75, 3.05) is 19.8 Å². The molecule has 2 aromatic rings. The molecule has 0 spiro atoms. The van der Waals surface area contributed by atoms with Crippen molar-refractivity contribution < 1.29 is 14.6 Å². The van der Waals surface area contributed by atoms with Gasteiger partial charge in [0.05, 0.1) is 6.61 Å². The van der Waals surface area contributed by atoms with Gasteiger partial charge in [-0.15, -0.1) is 0 Å². The van der Waals surface area contributed by atoms with Crippen LogP contribution in [0, 0.1) is 0 Å². The van der Waals surface area contributed by atoms with E-state index in [0.29, 0.717) is 18.8 Å². The Morgan fingerprint density at radius 3 is 2.68 bits per heavy atom. The third-order valence-corrected chi connectivity index (χ3v) is 3.08. The van der Waals surface area contributed by atoms with Crippen LogP contribution in [0.4, 0.5) is 4.79 Å². The van der Waals surface area contributed by atoms with Crippen molar-refractivity contribution in [3.63, 3.8) is 0 Å². The fourth-order valence-electron chi connectivity index (χ4n) is 2.00. The molecule has 0 saturated heterocycles. The number of nitrogens with one attached hydrogen (secondary N) is 2. The van der Waals surface area contributed by atoms with Crippen molar-refractivity contribution in [1.29, 1.82) is 0 Å². The number of rotatable bonds is 8. The van der Waals surface area contributed by atoms with Gasteiger partial charge in [-0.2, -0.15) is 0 Å². The first kappa shape index (κ1) is 15.9. The Hall–Kier alpha value is -2.47. The van der Waals surface area contributed by atoms with Gasteiger partial charge in [-0.1, -0.05) is 18.2 Å². The van der Waals surface area contributed by atoms with Crippen molar-refractivity contribution in [2.45, 2.75) is 13.1 Å². The number of carbonyl (C=O) groups excluding carboxylic acids is 1. The van der Waals surface area contributed by atoms with Gasteiger partial charge in [0, 0.05) is 37.6 Å². The summed E-state index contributed by atoms with van der Waals surface area (Å²) >= 11 is 0. The zero-order chi connectivity index (χ0) is 15.6. The first-order valence-corrected chi connectivity index (χ1v) is 7.23. The van der Waals surface area contributed by atoms with Crippen LogP contribution in [-0.2, 0) is 13.1 Å². The lowest BCUT2D eigenvalue weighted by Gasteiger charge is -2.12. The van der Waals surface area contributed by atoms with Gasteiger partial charge < -0.3 is 25.0 Å². The van der Waals surface area contributed by atoms with Gasteiger partial charge in [-0.25, -0.2) is 4.79 Å². The average Bonchev–Trinajstić information content (AvgIpc) is 3.05. The van der Waals surface area contributed by atoms with E-state index in [-0.39, 0.29) is 19.2 Å². The predicted molar refractivity (Wildman–Crippen MR) is 83.7 cm³/mol. The summed E-state index contributed by atoms with van der Waals surface area (Å²) in [5.74, 6) is 0.671. The standard InChI is InChI=1S/C16H21N3O3/c20-11-12-22-15-6-2-1-5-14(15)13-18-16(21)17-7-10-19-8-3-4-9-19/h1-6,8-9,20H,7,10-13H2,(H2,17,18,21). The van der Waals surface area contributed by atoms with Crippen LogP contribution in [0.5, 0.6) is 5.75 Å². The van der Waals surface area contributed by atoms with E-state index >= 15 is 0 Å². The minimum atomic E-state index is -0.218. The summed E-state index contributed by atoms with van der Waals surface area (Å²) in [5, 5.41) is 14.4. The molecule has 0 radical (unpaired) electrons. The molecule has 1 aromatic heterocycles. The highest BCUT2D eigenvalue weighted by molar-refractivity contribution is 5.73. The van der Waals surface area contributed by atoms with Crippen molar-refractivity contribution in [3.05, 3.63) is 54.4 Å². The fourth-order valence-corrected chi connectivity index (χ4v) is 2.00. The zero-order valence-corrected chi connectivity index (χ0v) is 12.4. The molecular formula is C16H21N3O3. The highest BCUT2D eigenvalue weighted by Gasteiger charge is 2.05. The molecule has 2 rings (SSSR count). The lowest BCUT2D eigenvalue weighted by molar-refractivity contribution is 0.200. The maximum atomic E-state index is 11.8. The normalized spacial score (nSPS) is 10.2. The Labute approximate surface area is 129 Å². The number of aliphatic hydroxyl groups excluding tert-OH is 1. The van der Waals surface area contributed by atoms with Crippen LogP contribution in [-0.4, -0.2) is 35.5 Å². The summed E-state index contributed by atoms with van der Waals surface area (Å²) in [5.41, 5.74) is 0.872. The third-order valence-electron chi connectivity index (χ3n) is 3.08. The van der Waals surface area contributed by atoms with E-state index in [0.717, 1.165) is 12.1 Å². The fraction of sp³-hybridized carbons (Fsp3) is 0.312. The van der Waals surface area contributed by atoms with Gasteiger partial charge >= 0.3 is 6.03 Å². The highest BCUT2D eigenvalue weighted by Crippen LogP contribution is 2.17. The molecule has 0 aliphatic rings. The molecule has 22 heavy (non-hydrogen) atoms. The van der Waals surface area contributed by atoms with Crippen LogP contribution in [0.2, 0.25) is 0 Å². The summed E-state index contributed by atoms with van der Waals surface area (Å²) in [6, 6.07) is 11.1. The van der Waals surface area contributed by atoms with E-state index in [1.165, 1.54) is 0 Å². The Morgan fingerprint density at radius 1 is 1.14 bits per heavy atom. The van der Waals surface area contributed by atoms with Gasteiger partial charge in [0.2, 0.25) is 0 Å². The molecule has 0 atom stereocenters. The van der Waals surface area contributed by atoms with Crippen molar-refractivity contribution in [2.24, 2.45) is 0 Å². The maximum Gasteiger partial charge on any atom is 0.315 e. The van der Waals surface area contributed by atoms with Crippen LogP contribution in [0.15, 0.2) is 48.8 Å². The number of para-hydroxylation sites is 1. The predicted octanol–water partition coefficient (Wildman–Crippen LogP) is 1.36. The quantitative estimate of drug-likeness (QED) is 0.689. The molecule has 0 fully saturated rings. The topological polar surface area (TPSA) is 75.5 Å². The molecule has 0 unspecified atom stereocenters. The highest BCUT2D eigenvalue weighted by atomic mass is 16.5. The average molecular weight is 303 g/mol. The van der Waals surface area contributed by atoms with Crippen molar-refractivity contribution in [3.8, 4) is 5.75 Å². The molecule has 0 bridgehead atoms. The minimum absolute atomic E-state index is 0.0400.